The number of carbonyl (C=O) groups is 1. The number of hydrogen-bond donors (Lipinski definition) is 2. The van der Waals surface area contributed by atoms with E-state index in [1.54, 1.807) is 24.4 Å². The number of rotatable bonds is 4. The molecule has 0 spiro atoms. The van der Waals surface area contributed by atoms with E-state index in [4.69, 9.17) is 0 Å². The van der Waals surface area contributed by atoms with Crippen molar-refractivity contribution in [3.63, 3.8) is 0 Å². The Labute approximate surface area is 143 Å². The van der Waals surface area contributed by atoms with E-state index >= 15 is 0 Å². The van der Waals surface area contributed by atoms with Crippen LogP contribution in [0.1, 0.15) is 28.9 Å². The van der Waals surface area contributed by atoms with Crippen molar-refractivity contribution >= 4 is 27.5 Å². The highest BCUT2D eigenvalue weighted by Gasteiger charge is 2.15. The van der Waals surface area contributed by atoms with Gasteiger partial charge < -0.3 is 15.3 Å². The van der Waals surface area contributed by atoms with Gasteiger partial charge in [-0.05, 0) is 43.2 Å². The molecule has 120 valence electrons. The average Bonchev–Trinajstić information content (AvgIpc) is 3.10. The topological polar surface area (TPSA) is 65.5 Å². The van der Waals surface area contributed by atoms with Crippen molar-refractivity contribution in [3.05, 3.63) is 52.3 Å². The van der Waals surface area contributed by atoms with E-state index < -0.39 is 0 Å². The highest BCUT2D eigenvalue weighted by molar-refractivity contribution is 9.10. The van der Waals surface area contributed by atoms with Gasteiger partial charge in [0.1, 0.15) is 11.4 Å². The van der Waals surface area contributed by atoms with Crippen LogP contribution in [0, 0.1) is 0 Å². The van der Waals surface area contributed by atoms with Crippen LogP contribution in [0.5, 0.6) is 5.75 Å². The maximum atomic E-state index is 12.3. The van der Waals surface area contributed by atoms with Gasteiger partial charge in [-0.15, -0.1) is 0 Å². The summed E-state index contributed by atoms with van der Waals surface area (Å²) in [5.41, 5.74) is 2.08. The van der Waals surface area contributed by atoms with Gasteiger partial charge in [-0.25, -0.2) is 0 Å². The summed E-state index contributed by atoms with van der Waals surface area (Å²) in [7, 11) is 0. The molecular weight excluding hydrogens is 358 g/mol. The monoisotopic (exact) mass is 375 g/mol. The van der Waals surface area contributed by atoms with Crippen LogP contribution in [-0.4, -0.2) is 29.1 Å². The number of carbonyl (C=O) groups excluding carboxylic acids is 1. The first-order valence-corrected chi connectivity index (χ1v) is 8.39. The lowest BCUT2D eigenvalue weighted by atomic mass is 10.2. The standard InChI is InChI=1S/C17H18BrN3O2/c18-13-3-4-16(22)12(9-13)11-20-17(23)15-10-14(5-6-19-15)21-7-1-2-8-21/h3-6,9-10,22H,1-2,7-8,11H2,(H,20,23). The van der Waals surface area contributed by atoms with Crippen molar-refractivity contribution in [2.75, 3.05) is 18.0 Å². The smallest absolute Gasteiger partial charge is 0.270 e. The number of hydrogen-bond acceptors (Lipinski definition) is 4. The van der Waals surface area contributed by atoms with E-state index in [2.05, 4.69) is 31.1 Å². The third-order valence-electron chi connectivity index (χ3n) is 3.93. The summed E-state index contributed by atoms with van der Waals surface area (Å²) in [4.78, 5) is 18.7. The van der Waals surface area contributed by atoms with Crippen LogP contribution in [0.4, 0.5) is 5.69 Å². The van der Waals surface area contributed by atoms with E-state index in [1.165, 1.54) is 12.8 Å². The van der Waals surface area contributed by atoms with E-state index in [1.807, 2.05) is 12.1 Å². The summed E-state index contributed by atoms with van der Waals surface area (Å²) >= 11 is 3.35. The van der Waals surface area contributed by atoms with Crippen LogP contribution in [0.15, 0.2) is 41.0 Å². The maximum absolute atomic E-state index is 12.3. The molecular formula is C17H18BrN3O2. The predicted molar refractivity (Wildman–Crippen MR) is 92.7 cm³/mol. The molecule has 1 saturated heterocycles. The van der Waals surface area contributed by atoms with E-state index in [-0.39, 0.29) is 18.2 Å². The number of nitrogens with zero attached hydrogens (tertiary/aromatic N) is 2. The maximum Gasteiger partial charge on any atom is 0.270 e. The molecule has 1 aliphatic rings. The normalized spacial score (nSPS) is 14.0. The van der Waals surface area contributed by atoms with Gasteiger partial charge >= 0.3 is 0 Å². The molecule has 1 aromatic heterocycles. The van der Waals surface area contributed by atoms with Gasteiger partial charge in [0.25, 0.3) is 5.91 Å². The van der Waals surface area contributed by atoms with Crippen LogP contribution in [0.25, 0.3) is 0 Å². The van der Waals surface area contributed by atoms with E-state index in [0.717, 1.165) is 23.2 Å². The Morgan fingerprint density at radius 2 is 2.04 bits per heavy atom. The lowest BCUT2D eigenvalue weighted by Crippen LogP contribution is -2.25. The molecule has 0 saturated carbocycles. The van der Waals surface area contributed by atoms with Gasteiger partial charge in [0.2, 0.25) is 0 Å². The SMILES string of the molecule is O=C(NCc1cc(Br)ccc1O)c1cc(N2CCCC2)ccn1. The Morgan fingerprint density at radius 1 is 1.26 bits per heavy atom. The molecule has 0 radical (unpaired) electrons. The molecule has 2 N–H and O–H groups in total. The molecule has 0 atom stereocenters. The van der Waals surface area contributed by atoms with Gasteiger partial charge in [0.15, 0.2) is 0 Å². The Balaban J connectivity index is 1.68. The van der Waals surface area contributed by atoms with Crippen molar-refractivity contribution in [1.29, 1.82) is 0 Å². The lowest BCUT2D eigenvalue weighted by Gasteiger charge is -2.17. The first kappa shape index (κ1) is 15.8. The third kappa shape index (κ3) is 3.82. The van der Waals surface area contributed by atoms with Gasteiger partial charge in [-0.1, -0.05) is 15.9 Å². The zero-order valence-electron chi connectivity index (χ0n) is 12.6. The van der Waals surface area contributed by atoms with Crippen LogP contribution < -0.4 is 10.2 Å². The summed E-state index contributed by atoms with van der Waals surface area (Å²) in [5, 5.41) is 12.6. The minimum atomic E-state index is -0.245. The molecule has 1 aromatic carbocycles. The molecule has 2 aromatic rings. The minimum absolute atomic E-state index is 0.160. The van der Waals surface area contributed by atoms with E-state index in [0.29, 0.717) is 11.3 Å². The second-order valence-corrected chi connectivity index (χ2v) is 6.46. The molecule has 5 nitrogen and oxygen atoms in total. The van der Waals surface area contributed by atoms with Gasteiger partial charge in [-0.3, -0.25) is 9.78 Å². The largest absolute Gasteiger partial charge is 0.508 e. The quantitative estimate of drug-likeness (QED) is 0.861. The number of benzene rings is 1. The second kappa shape index (κ2) is 7.00. The number of nitrogens with one attached hydrogen (secondary N) is 1. The number of amides is 1. The molecule has 23 heavy (non-hydrogen) atoms. The Bertz CT molecular complexity index is 715. The number of phenols is 1. The zero-order chi connectivity index (χ0) is 16.2. The predicted octanol–water partition coefficient (Wildman–Crippen LogP) is 3.08. The van der Waals surface area contributed by atoms with Gasteiger partial charge in [0.05, 0.1) is 0 Å². The molecule has 1 amide bonds. The number of aromatic nitrogens is 1. The van der Waals surface area contributed by atoms with Crippen LogP contribution >= 0.6 is 15.9 Å². The Morgan fingerprint density at radius 3 is 2.83 bits per heavy atom. The Kier molecular flexibility index (Phi) is 4.81. The fourth-order valence-corrected chi connectivity index (χ4v) is 3.09. The molecule has 0 bridgehead atoms. The van der Waals surface area contributed by atoms with Crippen molar-refractivity contribution in [2.24, 2.45) is 0 Å². The fraction of sp³-hybridized carbons (Fsp3) is 0.294. The van der Waals surface area contributed by atoms with Crippen LogP contribution in [0.2, 0.25) is 0 Å². The van der Waals surface area contributed by atoms with Crippen molar-refractivity contribution in [2.45, 2.75) is 19.4 Å². The third-order valence-corrected chi connectivity index (χ3v) is 4.42. The summed E-state index contributed by atoms with van der Waals surface area (Å²) in [6.45, 7) is 2.30. The second-order valence-electron chi connectivity index (χ2n) is 5.55. The molecule has 6 heteroatoms. The Hall–Kier alpha value is -2.08. The highest BCUT2D eigenvalue weighted by atomic mass is 79.9. The lowest BCUT2D eigenvalue weighted by molar-refractivity contribution is 0.0946. The minimum Gasteiger partial charge on any atom is -0.508 e. The molecule has 0 unspecified atom stereocenters. The average molecular weight is 376 g/mol. The molecule has 1 fully saturated rings. The first-order chi connectivity index (χ1) is 11.1. The van der Waals surface area contributed by atoms with Crippen LogP contribution in [-0.2, 0) is 6.54 Å². The summed E-state index contributed by atoms with van der Waals surface area (Å²) in [6, 6.07) is 8.88. The molecule has 2 heterocycles. The summed E-state index contributed by atoms with van der Waals surface area (Å²) < 4.78 is 0.855. The number of pyridine rings is 1. The van der Waals surface area contributed by atoms with Crippen molar-refractivity contribution < 1.29 is 9.90 Å². The van der Waals surface area contributed by atoms with Crippen LogP contribution in [0.3, 0.4) is 0 Å². The fourth-order valence-electron chi connectivity index (χ4n) is 2.68. The zero-order valence-corrected chi connectivity index (χ0v) is 14.2. The van der Waals surface area contributed by atoms with Crippen molar-refractivity contribution in [3.8, 4) is 5.75 Å². The molecule has 1 aliphatic heterocycles. The summed E-state index contributed by atoms with van der Waals surface area (Å²) in [6.07, 6.45) is 4.04. The highest BCUT2D eigenvalue weighted by Crippen LogP contribution is 2.22. The van der Waals surface area contributed by atoms with Crippen molar-refractivity contribution in [1.82, 2.24) is 10.3 Å². The molecule has 0 aliphatic carbocycles. The number of halogens is 1. The molecule has 3 rings (SSSR count). The number of phenolic OH excluding ortho intramolecular Hbond substituents is 1. The van der Waals surface area contributed by atoms with Gasteiger partial charge in [0, 0.05) is 41.6 Å². The first-order valence-electron chi connectivity index (χ1n) is 7.60. The van der Waals surface area contributed by atoms with E-state index in [9.17, 15) is 9.90 Å². The summed E-state index contributed by atoms with van der Waals surface area (Å²) in [5.74, 6) is -0.0855. The number of aromatic hydroxyl groups is 1. The van der Waals surface area contributed by atoms with Gasteiger partial charge in [-0.2, -0.15) is 0 Å². The number of anilines is 1.